The molecular formula is C10H19Cl. The maximum absolute atomic E-state index is 5.71. The molecule has 0 atom stereocenters. The van der Waals surface area contributed by atoms with E-state index in [0.717, 1.165) is 17.7 Å². The molecule has 0 aromatic carbocycles. The second kappa shape index (κ2) is 5.03. The first kappa shape index (κ1) is 9.38. The van der Waals surface area contributed by atoms with Crippen molar-refractivity contribution in [3.63, 3.8) is 0 Å². The molecule has 1 rings (SSSR count). The first-order valence-corrected chi connectivity index (χ1v) is 5.46. The largest absolute Gasteiger partial charge is 0.127 e. The van der Waals surface area contributed by atoms with Gasteiger partial charge in [0.15, 0.2) is 0 Å². The molecule has 0 aromatic rings. The molecule has 1 fully saturated rings. The average Bonchev–Trinajstić information content (AvgIpc) is 2.07. The molecule has 0 spiro atoms. The molecule has 0 heterocycles. The highest BCUT2D eigenvalue weighted by atomic mass is 35.5. The van der Waals surface area contributed by atoms with E-state index in [1.165, 1.54) is 38.5 Å². The number of alkyl halides is 1. The van der Waals surface area contributed by atoms with E-state index in [0.29, 0.717) is 0 Å². The van der Waals surface area contributed by atoms with Crippen molar-refractivity contribution in [1.82, 2.24) is 0 Å². The number of hydrogen-bond acceptors (Lipinski definition) is 0. The smallest absolute Gasteiger partial charge is 0.0226 e. The van der Waals surface area contributed by atoms with Crippen LogP contribution in [0.15, 0.2) is 0 Å². The van der Waals surface area contributed by atoms with Crippen LogP contribution in [0.25, 0.3) is 0 Å². The Kier molecular flexibility index (Phi) is 4.29. The third-order valence-corrected chi connectivity index (χ3v) is 3.28. The van der Waals surface area contributed by atoms with Crippen molar-refractivity contribution in [2.75, 3.05) is 5.88 Å². The fraction of sp³-hybridized carbons (Fsp3) is 1.00. The molecule has 0 nitrogen and oxygen atoms in total. The summed E-state index contributed by atoms with van der Waals surface area (Å²) in [5.74, 6) is 2.85. The molecule has 1 saturated carbocycles. The van der Waals surface area contributed by atoms with E-state index in [2.05, 4.69) is 6.92 Å². The summed E-state index contributed by atoms with van der Waals surface area (Å²) < 4.78 is 0. The number of rotatable bonds is 3. The number of halogens is 1. The highest BCUT2D eigenvalue weighted by Crippen LogP contribution is 2.32. The third kappa shape index (κ3) is 3.02. The van der Waals surface area contributed by atoms with E-state index >= 15 is 0 Å². The molecular weight excluding hydrogens is 156 g/mol. The molecule has 0 aliphatic heterocycles. The van der Waals surface area contributed by atoms with Gasteiger partial charge in [0, 0.05) is 5.88 Å². The summed E-state index contributed by atoms with van der Waals surface area (Å²) in [4.78, 5) is 0. The van der Waals surface area contributed by atoms with Crippen molar-refractivity contribution in [2.24, 2.45) is 11.8 Å². The Balaban J connectivity index is 2.14. The second-order valence-corrected chi connectivity index (χ2v) is 4.15. The third-order valence-electron chi connectivity index (χ3n) is 3.06. The van der Waals surface area contributed by atoms with Crippen molar-refractivity contribution < 1.29 is 0 Å². The molecule has 0 unspecified atom stereocenters. The molecule has 0 radical (unpaired) electrons. The van der Waals surface area contributed by atoms with Crippen LogP contribution in [0.2, 0.25) is 0 Å². The van der Waals surface area contributed by atoms with E-state index in [1.807, 2.05) is 0 Å². The van der Waals surface area contributed by atoms with Gasteiger partial charge in [-0.2, -0.15) is 0 Å². The number of hydrogen-bond donors (Lipinski definition) is 0. The molecule has 1 heteroatoms. The van der Waals surface area contributed by atoms with Crippen LogP contribution in [-0.2, 0) is 0 Å². The summed E-state index contributed by atoms with van der Waals surface area (Å²) in [6, 6.07) is 0. The van der Waals surface area contributed by atoms with Gasteiger partial charge >= 0.3 is 0 Å². The summed E-state index contributed by atoms with van der Waals surface area (Å²) in [6.45, 7) is 2.31. The van der Waals surface area contributed by atoms with Gasteiger partial charge in [0.25, 0.3) is 0 Å². The second-order valence-electron chi connectivity index (χ2n) is 3.77. The highest BCUT2D eigenvalue weighted by molar-refractivity contribution is 6.17. The zero-order valence-electron chi connectivity index (χ0n) is 7.48. The Morgan fingerprint density at radius 1 is 1.09 bits per heavy atom. The summed E-state index contributed by atoms with van der Waals surface area (Å²) in [5.41, 5.74) is 0. The highest BCUT2D eigenvalue weighted by Gasteiger charge is 2.18. The lowest BCUT2D eigenvalue weighted by Crippen LogP contribution is -2.14. The first-order chi connectivity index (χ1) is 5.36. The SMILES string of the molecule is CCC1CCC(CCCl)CC1. The van der Waals surface area contributed by atoms with Gasteiger partial charge in [-0.05, 0) is 18.3 Å². The molecule has 1 aliphatic carbocycles. The van der Waals surface area contributed by atoms with E-state index in [-0.39, 0.29) is 0 Å². The minimum Gasteiger partial charge on any atom is -0.127 e. The first-order valence-electron chi connectivity index (χ1n) is 4.92. The Hall–Kier alpha value is 0.290. The molecule has 0 aromatic heterocycles. The van der Waals surface area contributed by atoms with Crippen molar-refractivity contribution in [3.05, 3.63) is 0 Å². The van der Waals surface area contributed by atoms with E-state index in [1.54, 1.807) is 0 Å². The zero-order chi connectivity index (χ0) is 8.10. The quantitative estimate of drug-likeness (QED) is 0.571. The molecule has 0 bridgehead atoms. The van der Waals surface area contributed by atoms with Crippen LogP contribution in [0, 0.1) is 11.8 Å². The standard InChI is InChI=1S/C10H19Cl/c1-2-9-3-5-10(6-4-9)7-8-11/h9-10H,2-8H2,1H3. The van der Waals surface area contributed by atoms with E-state index in [9.17, 15) is 0 Å². The summed E-state index contributed by atoms with van der Waals surface area (Å²) in [5, 5.41) is 0. The topological polar surface area (TPSA) is 0 Å². The van der Waals surface area contributed by atoms with Gasteiger partial charge in [0.05, 0.1) is 0 Å². The van der Waals surface area contributed by atoms with Crippen LogP contribution in [0.4, 0.5) is 0 Å². The molecule has 11 heavy (non-hydrogen) atoms. The predicted molar refractivity (Wildman–Crippen MR) is 51.1 cm³/mol. The molecule has 0 saturated heterocycles. The predicted octanol–water partition coefficient (Wildman–Crippen LogP) is 3.83. The summed E-state index contributed by atoms with van der Waals surface area (Å²) >= 11 is 5.71. The van der Waals surface area contributed by atoms with E-state index < -0.39 is 0 Å². The summed E-state index contributed by atoms with van der Waals surface area (Å²) in [6.07, 6.45) is 8.41. The molecule has 0 N–H and O–H groups in total. The van der Waals surface area contributed by atoms with Crippen LogP contribution in [0.3, 0.4) is 0 Å². The zero-order valence-corrected chi connectivity index (χ0v) is 8.24. The Bertz CT molecular complexity index is 93.0. The van der Waals surface area contributed by atoms with Gasteiger partial charge in [-0.25, -0.2) is 0 Å². The van der Waals surface area contributed by atoms with E-state index in [4.69, 9.17) is 11.6 Å². The molecule has 66 valence electrons. The normalized spacial score (nSPS) is 32.2. The van der Waals surface area contributed by atoms with Crippen molar-refractivity contribution >= 4 is 11.6 Å². The van der Waals surface area contributed by atoms with Gasteiger partial charge in [0.2, 0.25) is 0 Å². The van der Waals surface area contributed by atoms with Crippen LogP contribution in [-0.4, -0.2) is 5.88 Å². The Labute approximate surface area is 75.3 Å². The fourth-order valence-corrected chi connectivity index (χ4v) is 2.39. The van der Waals surface area contributed by atoms with Crippen LogP contribution < -0.4 is 0 Å². The molecule has 1 aliphatic rings. The van der Waals surface area contributed by atoms with Crippen molar-refractivity contribution in [1.29, 1.82) is 0 Å². The summed E-state index contributed by atoms with van der Waals surface area (Å²) in [7, 11) is 0. The molecule has 0 amide bonds. The Morgan fingerprint density at radius 3 is 2.09 bits per heavy atom. The maximum atomic E-state index is 5.71. The average molecular weight is 175 g/mol. The van der Waals surface area contributed by atoms with Gasteiger partial charge in [-0.1, -0.05) is 39.0 Å². The van der Waals surface area contributed by atoms with Crippen molar-refractivity contribution in [2.45, 2.75) is 45.4 Å². The lowest BCUT2D eigenvalue weighted by Gasteiger charge is -2.27. The minimum atomic E-state index is 0.863. The van der Waals surface area contributed by atoms with Crippen molar-refractivity contribution in [3.8, 4) is 0 Å². The van der Waals surface area contributed by atoms with Gasteiger partial charge in [0.1, 0.15) is 0 Å². The lowest BCUT2D eigenvalue weighted by molar-refractivity contribution is 0.265. The van der Waals surface area contributed by atoms with Gasteiger partial charge in [-0.3, -0.25) is 0 Å². The maximum Gasteiger partial charge on any atom is 0.0226 e. The van der Waals surface area contributed by atoms with Gasteiger partial charge in [-0.15, -0.1) is 11.6 Å². The Morgan fingerprint density at radius 2 is 1.64 bits per heavy atom. The lowest BCUT2D eigenvalue weighted by atomic mass is 9.80. The minimum absolute atomic E-state index is 0.863. The monoisotopic (exact) mass is 174 g/mol. The van der Waals surface area contributed by atoms with Crippen LogP contribution >= 0.6 is 11.6 Å². The fourth-order valence-electron chi connectivity index (χ4n) is 2.08. The van der Waals surface area contributed by atoms with Gasteiger partial charge < -0.3 is 0 Å². The van der Waals surface area contributed by atoms with Crippen LogP contribution in [0.5, 0.6) is 0 Å². The van der Waals surface area contributed by atoms with Crippen LogP contribution in [0.1, 0.15) is 45.4 Å².